The fourth-order valence-corrected chi connectivity index (χ4v) is 1.90. The molecule has 0 saturated carbocycles. The lowest BCUT2D eigenvalue weighted by molar-refractivity contribution is -0.131. The van der Waals surface area contributed by atoms with Crippen LogP contribution >= 0.6 is 0 Å². The fraction of sp³-hybridized carbons (Fsp3) is 0.400. The molecule has 0 amide bonds. The summed E-state index contributed by atoms with van der Waals surface area (Å²) >= 11 is 0. The first-order valence-electron chi connectivity index (χ1n) is 5.86. The van der Waals surface area contributed by atoms with E-state index in [4.69, 9.17) is 9.84 Å². The third-order valence-electron chi connectivity index (χ3n) is 2.78. The van der Waals surface area contributed by atoms with E-state index in [0.29, 0.717) is 0 Å². The van der Waals surface area contributed by atoms with Crippen LogP contribution in [0, 0.1) is 12.3 Å². The Kier molecular flexibility index (Phi) is 4.17. The summed E-state index contributed by atoms with van der Waals surface area (Å²) in [6.45, 7) is 7.95. The summed E-state index contributed by atoms with van der Waals surface area (Å²) in [5.74, 6) is -0.115. The average Bonchev–Trinajstić information content (AvgIpc) is 2.24. The zero-order valence-electron chi connectivity index (χ0n) is 11.6. The Hall–Kier alpha value is -1.77. The minimum absolute atomic E-state index is 0.223. The van der Waals surface area contributed by atoms with Crippen LogP contribution in [0.1, 0.15) is 31.9 Å². The van der Waals surface area contributed by atoms with Crippen molar-refractivity contribution in [3.63, 3.8) is 0 Å². The molecule has 0 heterocycles. The van der Waals surface area contributed by atoms with Gasteiger partial charge in [0.05, 0.1) is 7.11 Å². The van der Waals surface area contributed by atoms with Crippen LogP contribution in [0.4, 0.5) is 0 Å². The molecule has 0 unspecified atom stereocenters. The first-order chi connectivity index (χ1) is 8.25. The summed E-state index contributed by atoms with van der Waals surface area (Å²) in [5, 5.41) is 8.98. The third-order valence-corrected chi connectivity index (χ3v) is 2.78. The second-order valence-electron chi connectivity index (χ2n) is 5.33. The number of benzene rings is 1. The Morgan fingerprint density at radius 1 is 1.33 bits per heavy atom. The molecule has 0 bridgehead atoms. The summed E-state index contributed by atoms with van der Waals surface area (Å²) in [6, 6.07) is 5.72. The number of aliphatic carboxylic acids is 1. The molecule has 0 saturated heterocycles. The molecule has 98 valence electrons. The molecule has 1 N–H and O–H groups in total. The second kappa shape index (κ2) is 5.25. The van der Waals surface area contributed by atoms with Gasteiger partial charge in [-0.25, -0.2) is 4.79 Å². The first kappa shape index (κ1) is 14.3. The fourth-order valence-electron chi connectivity index (χ4n) is 1.90. The predicted molar refractivity (Wildman–Crippen MR) is 72.8 cm³/mol. The largest absolute Gasteiger partial charge is 0.496 e. The van der Waals surface area contributed by atoms with Gasteiger partial charge in [-0.3, -0.25) is 0 Å². The highest BCUT2D eigenvalue weighted by Gasteiger charge is 2.20. The highest BCUT2D eigenvalue weighted by Crippen LogP contribution is 2.35. The maximum atomic E-state index is 10.9. The highest BCUT2D eigenvalue weighted by molar-refractivity contribution is 5.91. The van der Waals surface area contributed by atoms with Gasteiger partial charge in [0.1, 0.15) is 5.75 Å². The summed E-state index contributed by atoms with van der Waals surface area (Å²) in [5.41, 5.74) is 2.50. The van der Waals surface area contributed by atoms with Crippen LogP contribution in [0.3, 0.4) is 0 Å². The van der Waals surface area contributed by atoms with E-state index in [0.717, 1.165) is 22.4 Å². The van der Waals surface area contributed by atoms with Crippen molar-refractivity contribution in [2.45, 2.75) is 27.7 Å². The number of methoxy groups -OCH3 is 1. The van der Waals surface area contributed by atoms with Crippen LogP contribution in [0.15, 0.2) is 24.3 Å². The smallest absolute Gasteiger partial charge is 0.328 e. The van der Waals surface area contributed by atoms with E-state index in [9.17, 15) is 4.79 Å². The SMILES string of the molecule is COc1ccc(/C(=C/C(=O)O)C(C)(C)C)cc1C. The van der Waals surface area contributed by atoms with E-state index in [1.165, 1.54) is 6.08 Å². The normalized spacial score (nSPS) is 12.4. The molecule has 0 fully saturated rings. The van der Waals surface area contributed by atoms with Gasteiger partial charge in [0.15, 0.2) is 0 Å². The van der Waals surface area contributed by atoms with Gasteiger partial charge in [-0.1, -0.05) is 26.8 Å². The molecule has 0 radical (unpaired) electrons. The van der Waals surface area contributed by atoms with Crippen LogP contribution in [-0.2, 0) is 4.79 Å². The molecule has 1 rings (SSSR count). The number of hydrogen-bond donors (Lipinski definition) is 1. The molecular weight excluding hydrogens is 228 g/mol. The van der Waals surface area contributed by atoms with Gasteiger partial charge < -0.3 is 9.84 Å². The standard InChI is InChI=1S/C15H20O3/c1-10-8-11(6-7-13(10)18-5)12(9-14(16)17)15(2,3)4/h6-9H,1-5H3,(H,16,17)/b12-9-. The van der Waals surface area contributed by atoms with E-state index in [2.05, 4.69) is 0 Å². The molecule has 0 spiro atoms. The van der Waals surface area contributed by atoms with Crippen molar-refractivity contribution in [3.05, 3.63) is 35.4 Å². The van der Waals surface area contributed by atoms with Crippen molar-refractivity contribution in [3.8, 4) is 5.75 Å². The lowest BCUT2D eigenvalue weighted by atomic mass is 9.81. The minimum Gasteiger partial charge on any atom is -0.496 e. The van der Waals surface area contributed by atoms with E-state index in [1.807, 2.05) is 45.9 Å². The quantitative estimate of drug-likeness (QED) is 0.832. The van der Waals surface area contributed by atoms with Crippen LogP contribution in [0.25, 0.3) is 5.57 Å². The molecular formula is C15H20O3. The van der Waals surface area contributed by atoms with Gasteiger partial charge >= 0.3 is 5.97 Å². The van der Waals surface area contributed by atoms with Gasteiger partial charge in [-0.2, -0.15) is 0 Å². The average molecular weight is 248 g/mol. The lowest BCUT2D eigenvalue weighted by Gasteiger charge is -2.23. The van der Waals surface area contributed by atoms with Crippen molar-refractivity contribution in [2.75, 3.05) is 7.11 Å². The lowest BCUT2D eigenvalue weighted by Crippen LogP contribution is -2.10. The molecule has 3 nitrogen and oxygen atoms in total. The summed E-state index contributed by atoms with van der Waals surface area (Å²) in [6.07, 6.45) is 1.28. The van der Waals surface area contributed by atoms with Crippen LogP contribution < -0.4 is 4.74 Å². The minimum atomic E-state index is -0.923. The van der Waals surface area contributed by atoms with Crippen molar-refractivity contribution in [1.82, 2.24) is 0 Å². The van der Waals surface area contributed by atoms with Crippen LogP contribution in [0.2, 0.25) is 0 Å². The van der Waals surface area contributed by atoms with Crippen molar-refractivity contribution in [2.24, 2.45) is 5.41 Å². The number of carbonyl (C=O) groups is 1. The Morgan fingerprint density at radius 3 is 2.33 bits per heavy atom. The molecule has 1 aromatic carbocycles. The Labute approximate surface area is 108 Å². The Balaban J connectivity index is 3.32. The first-order valence-corrected chi connectivity index (χ1v) is 5.86. The monoisotopic (exact) mass is 248 g/mol. The molecule has 1 aromatic rings. The van der Waals surface area contributed by atoms with Crippen molar-refractivity contribution in [1.29, 1.82) is 0 Å². The number of ether oxygens (including phenoxy) is 1. The van der Waals surface area contributed by atoms with Gasteiger partial charge in [0.2, 0.25) is 0 Å². The molecule has 18 heavy (non-hydrogen) atoms. The van der Waals surface area contributed by atoms with Crippen molar-refractivity contribution >= 4 is 11.5 Å². The van der Waals surface area contributed by atoms with E-state index in [1.54, 1.807) is 7.11 Å². The van der Waals surface area contributed by atoms with Gasteiger partial charge in [0.25, 0.3) is 0 Å². The summed E-state index contributed by atoms with van der Waals surface area (Å²) < 4.78 is 5.21. The number of carboxylic acid groups (broad SMARTS) is 1. The number of hydrogen-bond acceptors (Lipinski definition) is 2. The maximum absolute atomic E-state index is 10.9. The van der Waals surface area contributed by atoms with E-state index >= 15 is 0 Å². The number of rotatable bonds is 3. The molecule has 3 heteroatoms. The van der Waals surface area contributed by atoms with E-state index < -0.39 is 5.97 Å². The topological polar surface area (TPSA) is 46.5 Å². The second-order valence-corrected chi connectivity index (χ2v) is 5.33. The summed E-state index contributed by atoms with van der Waals surface area (Å²) in [7, 11) is 1.62. The molecule has 0 aliphatic heterocycles. The summed E-state index contributed by atoms with van der Waals surface area (Å²) in [4.78, 5) is 10.9. The van der Waals surface area contributed by atoms with Crippen LogP contribution in [-0.4, -0.2) is 18.2 Å². The molecule has 0 atom stereocenters. The predicted octanol–water partition coefficient (Wildman–Crippen LogP) is 3.52. The molecule has 0 aliphatic rings. The van der Waals surface area contributed by atoms with Crippen LogP contribution in [0.5, 0.6) is 5.75 Å². The van der Waals surface area contributed by atoms with Crippen molar-refractivity contribution < 1.29 is 14.6 Å². The molecule has 0 aromatic heterocycles. The highest BCUT2D eigenvalue weighted by atomic mass is 16.5. The Bertz CT molecular complexity index is 479. The third kappa shape index (κ3) is 3.36. The van der Waals surface area contributed by atoms with Gasteiger partial charge in [0, 0.05) is 6.08 Å². The maximum Gasteiger partial charge on any atom is 0.328 e. The zero-order chi connectivity index (χ0) is 13.9. The molecule has 0 aliphatic carbocycles. The van der Waals surface area contributed by atoms with E-state index in [-0.39, 0.29) is 5.41 Å². The zero-order valence-corrected chi connectivity index (χ0v) is 11.6. The number of aryl methyl sites for hydroxylation is 1. The van der Waals surface area contributed by atoms with Gasteiger partial charge in [-0.15, -0.1) is 0 Å². The number of allylic oxidation sites excluding steroid dienone is 1. The van der Waals surface area contributed by atoms with Gasteiger partial charge in [-0.05, 0) is 41.2 Å². The number of carboxylic acids is 1. The Morgan fingerprint density at radius 2 is 1.94 bits per heavy atom.